The molecule has 0 bridgehead atoms. The predicted octanol–water partition coefficient (Wildman–Crippen LogP) is 3.09. The second-order valence-corrected chi connectivity index (χ2v) is 3.78. The van der Waals surface area contributed by atoms with E-state index in [9.17, 15) is 0 Å². The second kappa shape index (κ2) is 7.03. The molecular formula is C14H21NO3. The van der Waals surface area contributed by atoms with Gasteiger partial charge in [-0.2, -0.15) is 0 Å². The molecule has 0 aliphatic rings. The number of hydrogen-bond donors (Lipinski definition) is 0. The van der Waals surface area contributed by atoms with E-state index in [1.165, 1.54) is 0 Å². The third kappa shape index (κ3) is 3.24. The van der Waals surface area contributed by atoms with Crippen LogP contribution in [0.3, 0.4) is 0 Å². The molecule has 18 heavy (non-hydrogen) atoms. The Morgan fingerprint density at radius 2 is 1.83 bits per heavy atom. The van der Waals surface area contributed by atoms with Gasteiger partial charge in [-0.15, -0.1) is 0 Å². The van der Waals surface area contributed by atoms with E-state index in [4.69, 9.17) is 13.9 Å². The zero-order valence-corrected chi connectivity index (χ0v) is 11.4. The maximum atomic E-state index is 5.53. The Kier molecular flexibility index (Phi) is 5.68. The first-order valence-electron chi connectivity index (χ1n) is 5.88. The summed E-state index contributed by atoms with van der Waals surface area (Å²) in [6.45, 7) is 4.43. The SMILES string of the molecule is C/C=C/N(/C=C/C)CC(OC)(OC)c1ccco1. The summed E-state index contributed by atoms with van der Waals surface area (Å²) in [5.41, 5.74) is 0. The highest BCUT2D eigenvalue weighted by Gasteiger charge is 2.36. The zero-order valence-electron chi connectivity index (χ0n) is 11.4. The van der Waals surface area contributed by atoms with Gasteiger partial charge >= 0.3 is 0 Å². The van der Waals surface area contributed by atoms with Crippen LogP contribution in [0.1, 0.15) is 19.6 Å². The molecule has 100 valence electrons. The average molecular weight is 251 g/mol. The lowest BCUT2D eigenvalue weighted by atomic mass is 10.2. The van der Waals surface area contributed by atoms with Crippen molar-refractivity contribution in [2.45, 2.75) is 19.6 Å². The molecule has 0 aromatic carbocycles. The molecule has 0 spiro atoms. The van der Waals surface area contributed by atoms with E-state index in [2.05, 4.69) is 0 Å². The van der Waals surface area contributed by atoms with Gasteiger partial charge in [-0.3, -0.25) is 0 Å². The van der Waals surface area contributed by atoms with Gasteiger partial charge in [-0.05, 0) is 38.4 Å². The molecular weight excluding hydrogens is 230 g/mol. The molecule has 1 aromatic heterocycles. The number of rotatable bonds is 7. The fourth-order valence-electron chi connectivity index (χ4n) is 1.77. The standard InChI is InChI=1S/C14H21NO3/c1-5-9-15(10-6-2)12-14(16-3,17-4)13-8-7-11-18-13/h5-11H,12H2,1-4H3/b9-5+,10-6+. The highest BCUT2D eigenvalue weighted by atomic mass is 16.7. The Labute approximate surface area is 108 Å². The zero-order chi connectivity index (χ0) is 13.4. The minimum absolute atomic E-state index is 0.502. The summed E-state index contributed by atoms with van der Waals surface area (Å²) in [6.07, 6.45) is 9.43. The van der Waals surface area contributed by atoms with E-state index >= 15 is 0 Å². The summed E-state index contributed by atoms with van der Waals surface area (Å²) in [7, 11) is 3.21. The molecule has 1 rings (SSSR count). The second-order valence-electron chi connectivity index (χ2n) is 3.78. The van der Waals surface area contributed by atoms with Crippen LogP contribution in [-0.4, -0.2) is 25.7 Å². The van der Waals surface area contributed by atoms with Gasteiger partial charge < -0.3 is 18.8 Å². The molecule has 0 fully saturated rings. The van der Waals surface area contributed by atoms with Crippen molar-refractivity contribution in [1.82, 2.24) is 4.90 Å². The smallest absolute Gasteiger partial charge is 0.246 e. The van der Waals surface area contributed by atoms with Gasteiger partial charge in [0.1, 0.15) is 0 Å². The number of ether oxygens (including phenoxy) is 2. The highest BCUT2D eigenvalue weighted by Crippen LogP contribution is 2.28. The number of hydrogen-bond acceptors (Lipinski definition) is 4. The van der Waals surface area contributed by atoms with Crippen LogP contribution in [0.15, 0.2) is 47.4 Å². The van der Waals surface area contributed by atoms with Crippen molar-refractivity contribution in [3.8, 4) is 0 Å². The average Bonchev–Trinajstić information content (AvgIpc) is 2.91. The van der Waals surface area contributed by atoms with Gasteiger partial charge in [0.15, 0.2) is 5.76 Å². The van der Waals surface area contributed by atoms with Crippen molar-refractivity contribution in [1.29, 1.82) is 0 Å². The topological polar surface area (TPSA) is 34.8 Å². The van der Waals surface area contributed by atoms with Crippen molar-refractivity contribution in [3.05, 3.63) is 48.7 Å². The summed E-state index contributed by atoms with van der Waals surface area (Å²) in [5, 5.41) is 0. The van der Waals surface area contributed by atoms with Crippen LogP contribution in [0.25, 0.3) is 0 Å². The maximum absolute atomic E-state index is 5.53. The van der Waals surface area contributed by atoms with E-state index in [0.717, 1.165) is 0 Å². The maximum Gasteiger partial charge on any atom is 0.246 e. The molecule has 1 heterocycles. The molecule has 0 amide bonds. The molecule has 1 aromatic rings. The Bertz CT molecular complexity index is 366. The quantitative estimate of drug-likeness (QED) is 0.697. The lowest BCUT2D eigenvalue weighted by Gasteiger charge is -2.32. The first kappa shape index (κ1) is 14.5. The third-order valence-electron chi connectivity index (χ3n) is 2.63. The Morgan fingerprint density at radius 3 is 2.22 bits per heavy atom. The normalized spacial score (nSPS) is 12.7. The van der Waals surface area contributed by atoms with Crippen molar-refractivity contribution in [2.75, 3.05) is 20.8 Å². The summed E-state index contributed by atoms with van der Waals surface area (Å²) < 4.78 is 16.5. The first-order chi connectivity index (χ1) is 8.72. The van der Waals surface area contributed by atoms with Crippen molar-refractivity contribution in [2.24, 2.45) is 0 Å². The van der Waals surface area contributed by atoms with Crippen molar-refractivity contribution < 1.29 is 13.9 Å². The van der Waals surface area contributed by atoms with E-state index in [-0.39, 0.29) is 0 Å². The summed E-state index contributed by atoms with van der Waals surface area (Å²) in [4.78, 5) is 1.98. The third-order valence-corrected chi connectivity index (χ3v) is 2.63. The van der Waals surface area contributed by atoms with Crippen LogP contribution in [0, 0.1) is 0 Å². The van der Waals surface area contributed by atoms with E-state index < -0.39 is 5.79 Å². The number of allylic oxidation sites excluding steroid dienone is 2. The van der Waals surface area contributed by atoms with Crippen LogP contribution in [0.2, 0.25) is 0 Å². The molecule has 0 N–H and O–H groups in total. The van der Waals surface area contributed by atoms with Gasteiger partial charge in [0.2, 0.25) is 5.79 Å². The van der Waals surface area contributed by atoms with Gasteiger partial charge in [0.25, 0.3) is 0 Å². The largest absolute Gasteiger partial charge is 0.464 e. The van der Waals surface area contributed by atoms with Crippen molar-refractivity contribution in [3.63, 3.8) is 0 Å². The van der Waals surface area contributed by atoms with E-state index in [0.29, 0.717) is 12.3 Å². The predicted molar refractivity (Wildman–Crippen MR) is 70.7 cm³/mol. The molecule has 0 saturated heterocycles. The van der Waals surface area contributed by atoms with Crippen LogP contribution in [0.5, 0.6) is 0 Å². The highest BCUT2D eigenvalue weighted by molar-refractivity contribution is 5.08. The van der Waals surface area contributed by atoms with Crippen LogP contribution in [-0.2, 0) is 15.3 Å². The lowest BCUT2D eigenvalue weighted by molar-refractivity contribution is -0.230. The van der Waals surface area contributed by atoms with Crippen LogP contribution < -0.4 is 0 Å². The summed E-state index contributed by atoms with van der Waals surface area (Å²) in [5.74, 6) is -0.269. The van der Waals surface area contributed by atoms with Gasteiger partial charge in [0, 0.05) is 14.2 Å². The van der Waals surface area contributed by atoms with E-state index in [1.807, 2.05) is 55.4 Å². The summed E-state index contributed by atoms with van der Waals surface area (Å²) >= 11 is 0. The number of methoxy groups -OCH3 is 2. The minimum Gasteiger partial charge on any atom is -0.464 e. The molecule has 0 radical (unpaired) electrons. The molecule has 0 unspecified atom stereocenters. The molecule has 4 heteroatoms. The van der Waals surface area contributed by atoms with Gasteiger partial charge in [0.05, 0.1) is 12.8 Å². The lowest BCUT2D eigenvalue weighted by Crippen LogP contribution is -2.40. The Balaban J connectivity index is 2.98. The van der Waals surface area contributed by atoms with Gasteiger partial charge in [-0.1, -0.05) is 12.2 Å². The number of nitrogens with zero attached hydrogens (tertiary/aromatic N) is 1. The molecule has 4 nitrogen and oxygen atoms in total. The Morgan fingerprint density at radius 1 is 1.22 bits per heavy atom. The Hall–Kier alpha value is -1.52. The van der Waals surface area contributed by atoms with E-state index in [1.54, 1.807) is 20.5 Å². The number of furan rings is 1. The molecule has 0 aliphatic heterocycles. The summed E-state index contributed by atoms with van der Waals surface area (Å²) in [6, 6.07) is 3.66. The minimum atomic E-state index is -0.914. The molecule has 0 saturated carbocycles. The fraction of sp³-hybridized carbons (Fsp3) is 0.429. The fourth-order valence-corrected chi connectivity index (χ4v) is 1.77. The van der Waals surface area contributed by atoms with Crippen LogP contribution >= 0.6 is 0 Å². The molecule has 0 atom stereocenters. The van der Waals surface area contributed by atoms with Crippen molar-refractivity contribution >= 4 is 0 Å². The monoisotopic (exact) mass is 251 g/mol. The van der Waals surface area contributed by atoms with Crippen LogP contribution in [0.4, 0.5) is 0 Å². The molecule has 0 aliphatic carbocycles. The van der Waals surface area contributed by atoms with Gasteiger partial charge in [-0.25, -0.2) is 0 Å². The first-order valence-corrected chi connectivity index (χ1v) is 5.88.